The second-order valence-electron chi connectivity index (χ2n) is 4.07. The topological polar surface area (TPSA) is 127 Å². The number of carbonyl (C=O) groups is 1. The van der Waals surface area contributed by atoms with Gasteiger partial charge in [0, 0.05) is 6.07 Å². The summed E-state index contributed by atoms with van der Waals surface area (Å²) < 4.78 is 37.3. The smallest absolute Gasteiger partial charge is 0.314 e. The molecule has 1 atom stereocenters. The molecule has 0 spiro atoms. The molecule has 1 aromatic carbocycles. The lowest BCUT2D eigenvalue weighted by molar-refractivity contribution is -0.385. The van der Waals surface area contributed by atoms with Crippen molar-refractivity contribution in [3.05, 3.63) is 28.3 Å². The van der Waals surface area contributed by atoms with Gasteiger partial charge in [0.05, 0.1) is 15.7 Å². The average Bonchev–Trinajstić information content (AvgIpc) is 2.36. The molecule has 0 heterocycles. The van der Waals surface area contributed by atoms with Crippen LogP contribution in [0.2, 0.25) is 0 Å². The van der Waals surface area contributed by atoms with Crippen LogP contribution in [0.15, 0.2) is 23.1 Å². The molecule has 8 nitrogen and oxygen atoms in total. The Morgan fingerprint density at radius 2 is 2.05 bits per heavy atom. The molecule has 0 bridgehead atoms. The van der Waals surface area contributed by atoms with Crippen molar-refractivity contribution in [2.45, 2.75) is 25.2 Å². The average molecular weight is 302 g/mol. The third kappa shape index (κ3) is 3.75. The van der Waals surface area contributed by atoms with E-state index in [-0.39, 0.29) is 0 Å². The summed E-state index contributed by atoms with van der Waals surface area (Å²) in [6.45, 7) is 3.33. The summed E-state index contributed by atoms with van der Waals surface area (Å²) in [6.07, 6.45) is 0.486. The Bertz CT molecular complexity index is 638. The predicted molar refractivity (Wildman–Crippen MR) is 66.1 cm³/mol. The van der Waals surface area contributed by atoms with Gasteiger partial charge in [-0.2, -0.15) is 0 Å². The minimum atomic E-state index is -4.82. The molecular formula is C11H12NO7S-. The summed E-state index contributed by atoms with van der Waals surface area (Å²) in [5.74, 6) is -1.53. The second kappa shape index (κ2) is 5.97. The fourth-order valence-corrected chi connectivity index (χ4v) is 1.75. The van der Waals surface area contributed by atoms with E-state index in [0.717, 1.165) is 12.1 Å². The zero-order valence-electron chi connectivity index (χ0n) is 10.7. The number of hydrogen-bond acceptors (Lipinski definition) is 7. The number of nitro groups is 1. The Morgan fingerprint density at radius 3 is 2.50 bits per heavy atom. The molecule has 0 aliphatic carbocycles. The molecule has 1 aromatic rings. The van der Waals surface area contributed by atoms with Gasteiger partial charge in [-0.1, -0.05) is 13.8 Å². The summed E-state index contributed by atoms with van der Waals surface area (Å²) in [4.78, 5) is 20.7. The maximum atomic E-state index is 11.6. The number of rotatable bonds is 5. The SMILES string of the molecule is CCC(C)C(=O)Oc1ccc(S(=O)(=O)[O-])cc1[N+](=O)[O-]. The molecule has 110 valence electrons. The van der Waals surface area contributed by atoms with Crippen molar-refractivity contribution in [3.8, 4) is 5.75 Å². The van der Waals surface area contributed by atoms with Crippen molar-refractivity contribution >= 4 is 21.8 Å². The zero-order valence-corrected chi connectivity index (χ0v) is 11.5. The zero-order chi connectivity index (χ0) is 15.5. The van der Waals surface area contributed by atoms with Crippen molar-refractivity contribution in [2.24, 2.45) is 5.92 Å². The highest BCUT2D eigenvalue weighted by Gasteiger charge is 2.22. The van der Waals surface area contributed by atoms with Gasteiger partial charge >= 0.3 is 11.7 Å². The summed E-state index contributed by atoms with van der Waals surface area (Å²) in [5, 5.41) is 10.8. The van der Waals surface area contributed by atoms with E-state index in [4.69, 9.17) is 4.74 Å². The highest BCUT2D eigenvalue weighted by molar-refractivity contribution is 7.85. The Morgan fingerprint density at radius 1 is 1.45 bits per heavy atom. The van der Waals surface area contributed by atoms with E-state index in [0.29, 0.717) is 12.5 Å². The van der Waals surface area contributed by atoms with Crippen LogP contribution in [0.5, 0.6) is 5.75 Å². The third-order valence-corrected chi connectivity index (χ3v) is 3.47. The molecule has 1 rings (SSSR count). The van der Waals surface area contributed by atoms with Gasteiger partial charge in [0.1, 0.15) is 10.1 Å². The molecule has 1 unspecified atom stereocenters. The Balaban J connectivity index is 3.22. The Kier molecular flexibility index (Phi) is 4.79. The Hall–Kier alpha value is -2.00. The van der Waals surface area contributed by atoms with Gasteiger partial charge in [-0.05, 0) is 18.6 Å². The normalized spacial score (nSPS) is 12.8. The first-order valence-corrected chi connectivity index (χ1v) is 7.03. The van der Waals surface area contributed by atoms with Crippen molar-refractivity contribution in [3.63, 3.8) is 0 Å². The third-order valence-electron chi connectivity index (χ3n) is 2.64. The van der Waals surface area contributed by atoms with Crippen LogP contribution in [0.25, 0.3) is 0 Å². The van der Waals surface area contributed by atoms with E-state index >= 15 is 0 Å². The van der Waals surface area contributed by atoms with Crippen LogP contribution >= 0.6 is 0 Å². The van der Waals surface area contributed by atoms with Gasteiger partial charge in [-0.25, -0.2) is 8.42 Å². The summed E-state index contributed by atoms with van der Waals surface area (Å²) in [5.41, 5.74) is -0.751. The monoisotopic (exact) mass is 302 g/mol. The lowest BCUT2D eigenvalue weighted by Gasteiger charge is -2.11. The first kappa shape index (κ1) is 16.1. The van der Waals surface area contributed by atoms with Crippen molar-refractivity contribution in [2.75, 3.05) is 0 Å². The molecule has 0 N–H and O–H groups in total. The van der Waals surface area contributed by atoms with Crippen LogP contribution in [-0.4, -0.2) is 23.9 Å². The van der Waals surface area contributed by atoms with Gasteiger partial charge in [0.25, 0.3) is 0 Å². The maximum absolute atomic E-state index is 11.6. The summed E-state index contributed by atoms with van der Waals surface area (Å²) in [7, 11) is -4.82. The highest BCUT2D eigenvalue weighted by Crippen LogP contribution is 2.30. The molecular weight excluding hydrogens is 290 g/mol. The molecule has 0 aliphatic rings. The second-order valence-corrected chi connectivity index (χ2v) is 5.45. The van der Waals surface area contributed by atoms with Crippen LogP contribution in [0, 0.1) is 16.0 Å². The lowest BCUT2D eigenvalue weighted by atomic mass is 10.1. The van der Waals surface area contributed by atoms with E-state index in [2.05, 4.69) is 0 Å². The van der Waals surface area contributed by atoms with Crippen LogP contribution in [0.4, 0.5) is 5.69 Å². The number of carbonyl (C=O) groups excluding carboxylic acids is 1. The van der Waals surface area contributed by atoms with Gasteiger partial charge < -0.3 is 9.29 Å². The lowest BCUT2D eigenvalue weighted by Crippen LogP contribution is -2.17. The van der Waals surface area contributed by atoms with Crippen molar-refractivity contribution in [1.29, 1.82) is 0 Å². The van der Waals surface area contributed by atoms with E-state index < -0.39 is 43.3 Å². The maximum Gasteiger partial charge on any atom is 0.314 e. The minimum absolute atomic E-state index is 0.396. The minimum Gasteiger partial charge on any atom is -0.744 e. The fraction of sp³-hybridized carbons (Fsp3) is 0.364. The molecule has 0 saturated heterocycles. The number of nitro benzene ring substituents is 1. The number of hydrogen-bond donors (Lipinski definition) is 0. The molecule has 0 fully saturated rings. The predicted octanol–water partition coefficient (Wildman–Crippen LogP) is 1.45. The molecule has 0 aliphatic heterocycles. The van der Waals surface area contributed by atoms with Gasteiger partial charge in [0.15, 0.2) is 0 Å². The number of nitrogens with zero attached hydrogens (tertiary/aromatic N) is 1. The van der Waals surface area contributed by atoms with E-state index in [1.165, 1.54) is 0 Å². The first-order valence-electron chi connectivity index (χ1n) is 5.62. The fourth-order valence-electron chi connectivity index (χ4n) is 1.26. The van der Waals surface area contributed by atoms with E-state index in [1.807, 2.05) is 0 Å². The van der Waals surface area contributed by atoms with Crippen LogP contribution < -0.4 is 4.74 Å². The quantitative estimate of drug-likeness (QED) is 0.265. The molecule has 0 aromatic heterocycles. The molecule has 0 radical (unpaired) electrons. The van der Waals surface area contributed by atoms with Gasteiger partial charge in [-0.15, -0.1) is 0 Å². The van der Waals surface area contributed by atoms with E-state index in [1.54, 1.807) is 13.8 Å². The number of ether oxygens (including phenoxy) is 1. The van der Waals surface area contributed by atoms with Crippen LogP contribution in [0.3, 0.4) is 0 Å². The number of esters is 1. The van der Waals surface area contributed by atoms with Crippen LogP contribution in [0.1, 0.15) is 20.3 Å². The summed E-state index contributed by atoms with van der Waals surface area (Å²) >= 11 is 0. The Labute approximate surface area is 115 Å². The standard InChI is InChI=1S/C11H13NO7S/c1-3-7(2)11(13)19-10-5-4-8(20(16,17)18)6-9(10)12(14)15/h4-7H,3H2,1-2H3,(H,16,17,18)/p-1. The first-order chi connectivity index (χ1) is 9.16. The molecule has 0 saturated carbocycles. The molecule has 0 amide bonds. The summed E-state index contributed by atoms with van der Waals surface area (Å²) in [6, 6.07) is 2.35. The van der Waals surface area contributed by atoms with Crippen LogP contribution in [-0.2, 0) is 14.9 Å². The van der Waals surface area contributed by atoms with E-state index in [9.17, 15) is 27.9 Å². The molecule has 9 heteroatoms. The van der Waals surface area contributed by atoms with Crippen molar-refractivity contribution in [1.82, 2.24) is 0 Å². The highest BCUT2D eigenvalue weighted by atomic mass is 32.2. The number of benzene rings is 1. The molecule has 20 heavy (non-hydrogen) atoms. The largest absolute Gasteiger partial charge is 0.744 e. The van der Waals surface area contributed by atoms with Gasteiger partial charge in [0.2, 0.25) is 5.75 Å². The van der Waals surface area contributed by atoms with Gasteiger partial charge in [-0.3, -0.25) is 14.9 Å². The van der Waals surface area contributed by atoms with Crippen molar-refractivity contribution < 1.29 is 27.4 Å².